The third-order valence-electron chi connectivity index (χ3n) is 4.08. The average molecular weight is 301 g/mol. The molecule has 0 spiro atoms. The molecule has 1 heterocycles. The molecule has 0 aromatic heterocycles. The van der Waals surface area contributed by atoms with Crippen molar-refractivity contribution < 1.29 is 13.2 Å². The lowest BCUT2D eigenvalue weighted by Gasteiger charge is -2.29. The summed E-state index contributed by atoms with van der Waals surface area (Å²) in [5.74, 6) is 0.657. The number of hydrogen-bond donors (Lipinski definition) is 2. The number of alkyl halides is 3. The summed E-state index contributed by atoms with van der Waals surface area (Å²) in [4.78, 5) is 2.31. The minimum absolute atomic E-state index is 0.233. The predicted octanol–water partition coefficient (Wildman–Crippen LogP) is 3.43. The SMILES string of the molecule is CN1CCC(CCNc2ccc(N)c(C(F)(F)F)c2)CC1. The van der Waals surface area contributed by atoms with Crippen molar-refractivity contribution in [1.82, 2.24) is 4.90 Å². The van der Waals surface area contributed by atoms with E-state index in [0.717, 1.165) is 38.4 Å². The van der Waals surface area contributed by atoms with E-state index in [1.165, 1.54) is 6.07 Å². The molecule has 3 N–H and O–H groups in total. The summed E-state index contributed by atoms with van der Waals surface area (Å²) in [7, 11) is 2.11. The fraction of sp³-hybridized carbons (Fsp3) is 0.600. The number of piperidine rings is 1. The highest BCUT2D eigenvalue weighted by Crippen LogP contribution is 2.35. The van der Waals surface area contributed by atoms with Gasteiger partial charge in [0.15, 0.2) is 0 Å². The van der Waals surface area contributed by atoms with Crippen LogP contribution in [0.3, 0.4) is 0 Å². The molecule has 0 bridgehead atoms. The van der Waals surface area contributed by atoms with Crippen molar-refractivity contribution in [2.75, 3.05) is 37.7 Å². The molecule has 1 aliphatic heterocycles. The highest BCUT2D eigenvalue weighted by Gasteiger charge is 2.33. The third-order valence-corrected chi connectivity index (χ3v) is 4.08. The van der Waals surface area contributed by atoms with Gasteiger partial charge in [-0.15, -0.1) is 0 Å². The first kappa shape index (κ1) is 15.9. The highest BCUT2D eigenvalue weighted by molar-refractivity contribution is 5.58. The van der Waals surface area contributed by atoms with Crippen molar-refractivity contribution in [2.45, 2.75) is 25.4 Å². The molecule has 0 unspecified atom stereocenters. The molecule has 0 saturated carbocycles. The van der Waals surface area contributed by atoms with Crippen molar-refractivity contribution in [3.05, 3.63) is 23.8 Å². The monoisotopic (exact) mass is 301 g/mol. The quantitative estimate of drug-likeness (QED) is 0.837. The van der Waals surface area contributed by atoms with Crippen LogP contribution in [0.4, 0.5) is 24.5 Å². The Bertz CT molecular complexity index is 466. The van der Waals surface area contributed by atoms with Crippen molar-refractivity contribution in [1.29, 1.82) is 0 Å². The van der Waals surface area contributed by atoms with Gasteiger partial charge < -0.3 is 16.0 Å². The van der Waals surface area contributed by atoms with Crippen molar-refractivity contribution in [3.63, 3.8) is 0 Å². The molecule has 1 aromatic carbocycles. The van der Waals surface area contributed by atoms with E-state index in [1.807, 2.05) is 0 Å². The number of anilines is 2. The molecule has 0 amide bonds. The number of nitrogens with two attached hydrogens (primary N) is 1. The zero-order valence-corrected chi connectivity index (χ0v) is 12.2. The van der Waals surface area contributed by atoms with Gasteiger partial charge in [0, 0.05) is 17.9 Å². The van der Waals surface area contributed by atoms with Crippen molar-refractivity contribution in [2.24, 2.45) is 5.92 Å². The lowest BCUT2D eigenvalue weighted by molar-refractivity contribution is -0.136. The van der Waals surface area contributed by atoms with Gasteiger partial charge in [0.25, 0.3) is 0 Å². The smallest absolute Gasteiger partial charge is 0.398 e. The first-order chi connectivity index (χ1) is 9.86. The molecule has 2 rings (SSSR count). The Morgan fingerprint density at radius 1 is 1.29 bits per heavy atom. The fourth-order valence-corrected chi connectivity index (χ4v) is 2.68. The summed E-state index contributed by atoms with van der Waals surface area (Å²) in [5.41, 5.74) is 4.85. The molecule has 1 saturated heterocycles. The number of halogens is 3. The van der Waals surface area contributed by atoms with E-state index in [2.05, 4.69) is 17.3 Å². The maximum absolute atomic E-state index is 12.8. The minimum Gasteiger partial charge on any atom is -0.398 e. The van der Waals surface area contributed by atoms with E-state index in [1.54, 1.807) is 6.07 Å². The van der Waals surface area contributed by atoms with Crippen molar-refractivity contribution >= 4 is 11.4 Å². The Balaban J connectivity index is 1.86. The van der Waals surface area contributed by atoms with Crippen molar-refractivity contribution in [3.8, 4) is 0 Å². The maximum atomic E-state index is 12.8. The van der Waals surface area contributed by atoms with Crippen LogP contribution in [0.25, 0.3) is 0 Å². The molecule has 1 aliphatic rings. The summed E-state index contributed by atoms with van der Waals surface area (Å²) in [6.07, 6.45) is -1.10. The number of benzene rings is 1. The summed E-state index contributed by atoms with van der Waals surface area (Å²) < 4.78 is 38.3. The fourth-order valence-electron chi connectivity index (χ4n) is 2.68. The van der Waals surface area contributed by atoms with Crippen LogP contribution in [0, 0.1) is 5.92 Å². The van der Waals surface area contributed by atoms with Crippen LogP contribution < -0.4 is 11.1 Å². The van der Waals surface area contributed by atoms with Gasteiger partial charge in [0.1, 0.15) is 0 Å². The standard InChI is InChI=1S/C15H22F3N3/c1-21-8-5-11(6-9-21)4-7-20-12-2-3-14(19)13(10-12)15(16,17)18/h2-3,10-11,20H,4-9,19H2,1H3. The van der Waals surface area contributed by atoms with Crippen LogP contribution in [0.1, 0.15) is 24.8 Å². The predicted molar refractivity (Wildman–Crippen MR) is 79.2 cm³/mol. The summed E-state index contributed by atoms with van der Waals surface area (Å²) in [6.45, 7) is 2.89. The molecular formula is C15H22F3N3. The van der Waals surface area contributed by atoms with E-state index >= 15 is 0 Å². The minimum atomic E-state index is -4.41. The van der Waals surface area contributed by atoms with Crippen LogP contribution >= 0.6 is 0 Å². The van der Waals surface area contributed by atoms with E-state index in [0.29, 0.717) is 18.2 Å². The van der Waals surface area contributed by atoms with Gasteiger partial charge >= 0.3 is 6.18 Å². The molecule has 1 fully saturated rings. The Morgan fingerprint density at radius 3 is 2.57 bits per heavy atom. The van der Waals surface area contributed by atoms with Gasteiger partial charge in [-0.3, -0.25) is 0 Å². The van der Waals surface area contributed by atoms with Crippen LogP contribution in [-0.2, 0) is 6.18 Å². The van der Waals surface area contributed by atoms with Crippen LogP contribution in [0.5, 0.6) is 0 Å². The van der Waals surface area contributed by atoms with E-state index < -0.39 is 11.7 Å². The number of nitrogens with zero attached hydrogens (tertiary/aromatic N) is 1. The molecule has 21 heavy (non-hydrogen) atoms. The van der Waals surface area contributed by atoms with E-state index in [9.17, 15) is 13.2 Å². The van der Waals surface area contributed by atoms with Crippen LogP contribution in [0.2, 0.25) is 0 Å². The van der Waals surface area contributed by atoms with E-state index in [-0.39, 0.29) is 5.69 Å². The Hall–Kier alpha value is -1.43. The maximum Gasteiger partial charge on any atom is 0.418 e. The second kappa shape index (κ2) is 6.56. The van der Waals surface area contributed by atoms with Gasteiger partial charge in [0.2, 0.25) is 0 Å². The molecule has 3 nitrogen and oxygen atoms in total. The lowest BCUT2D eigenvalue weighted by atomic mass is 9.94. The van der Waals surface area contributed by atoms with Gasteiger partial charge in [-0.2, -0.15) is 13.2 Å². The summed E-state index contributed by atoms with van der Waals surface area (Å²) in [6, 6.07) is 3.99. The lowest BCUT2D eigenvalue weighted by Crippen LogP contribution is -2.30. The molecule has 0 aliphatic carbocycles. The summed E-state index contributed by atoms with van der Waals surface area (Å²) in [5, 5.41) is 3.07. The molecule has 118 valence electrons. The zero-order valence-electron chi connectivity index (χ0n) is 12.2. The zero-order chi connectivity index (χ0) is 15.5. The number of nitrogens with one attached hydrogen (secondary N) is 1. The Morgan fingerprint density at radius 2 is 1.95 bits per heavy atom. The average Bonchev–Trinajstić information content (AvgIpc) is 2.41. The third kappa shape index (κ3) is 4.52. The molecular weight excluding hydrogens is 279 g/mol. The molecule has 0 radical (unpaired) electrons. The van der Waals surface area contributed by atoms with Crippen LogP contribution in [-0.4, -0.2) is 31.6 Å². The Labute approximate surface area is 123 Å². The number of likely N-dealkylation sites (tertiary alicyclic amines) is 1. The second-order valence-corrected chi connectivity index (χ2v) is 5.76. The molecule has 1 aromatic rings. The Kier molecular flexibility index (Phi) is 4.98. The molecule has 0 atom stereocenters. The topological polar surface area (TPSA) is 41.3 Å². The van der Waals surface area contributed by atoms with Crippen LogP contribution in [0.15, 0.2) is 18.2 Å². The van der Waals surface area contributed by atoms with Gasteiger partial charge in [-0.25, -0.2) is 0 Å². The summed E-state index contributed by atoms with van der Waals surface area (Å²) >= 11 is 0. The highest BCUT2D eigenvalue weighted by atomic mass is 19.4. The first-order valence-electron chi connectivity index (χ1n) is 7.25. The number of rotatable bonds is 4. The van der Waals surface area contributed by atoms with Gasteiger partial charge in [-0.1, -0.05) is 0 Å². The van der Waals surface area contributed by atoms with Gasteiger partial charge in [-0.05, 0) is 63.5 Å². The van der Waals surface area contributed by atoms with E-state index in [4.69, 9.17) is 5.73 Å². The first-order valence-corrected chi connectivity index (χ1v) is 7.25. The largest absolute Gasteiger partial charge is 0.418 e. The second-order valence-electron chi connectivity index (χ2n) is 5.76. The molecule has 6 heteroatoms. The normalized spacial score (nSPS) is 17.9. The van der Waals surface area contributed by atoms with Gasteiger partial charge in [0.05, 0.1) is 5.56 Å². The number of nitrogen functional groups attached to an aromatic ring is 1. The number of hydrogen-bond acceptors (Lipinski definition) is 3.